The quantitative estimate of drug-likeness (QED) is 0.784. The molecule has 1 N–H and O–H groups in total. The van der Waals surface area contributed by atoms with Gasteiger partial charge in [0.1, 0.15) is 0 Å². The van der Waals surface area contributed by atoms with Crippen LogP contribution in [0.15, 0.2) is 12.1 Å². The van der Waals surface area contributed by atoms with E-state index in [1.54, 1.807) is 0 Å². The molecule has 0 saturated heterocycles. The van der Waals surface area contributed by atoms with Crippen molar-refractivity contribution in [1.82, 2.24) is 0 Å². The molecule has 0 saturated carbocycles. The highest BCUT2D eigenvalue weighted by atomic mass is 16.1. The van der Waals surface area contributed by atoms with Gasteiger partial charge in [0.15, 0.2) is 0 Å². The number of carbonyl (C=O) groups is 1. The Morgan fingerprint density at radius 1 is 1.27 bits per heavy atom. The summed E-state index contributed by atoms with van der Waals surface area (Å²) in [5.74, 6) is 0.696. The standard InChI is InChI=1S/C20H31NO/c1-8-9-13(2)14-10-15(19(3,4)5)18-16(11-14)20(6,7)12-17(22)21-18/h10-11,13H,8-9,12H2,1-7H3,(H,21,22). The van der Waals surface area contributed by atoms with Gasteiger partial charge in [0.05, 0.1) is 0 Å². The molecule has 0 fully saturated rings. The van der Waals surface area contributed by atoms with E-state index < -0.39 is 0 Å². The second-order valence-corrected chi connectivity index (χ2v) is 8.54. The van der Waals surface area contributed by atoms with E-state index in [1.807, 2.05) is 0 Å². The van der Waals surface area contributed by atoms with Gasteiger partial charge in [-0.15, -0.1) is 0 Å². The molecule has 1 aromatic carbocycles. The summed E-state index contributed by atoms with van der Waals surface area (Å²) >= 11 is 0. The summed E-state index contributed by atoms with van der Waals surface area (Å²) < 4.78 is 0. The highest BCUT2D eigenvalue weighted by molar-refractivity contribution is 5.96. The van der Waals surface area contributed by atoms with Crippen molar-refractivity contribution < 1.29 is 4.79 Å². The van der Waals surface area contributed by atoms with Gasteiger partial charge in [-0.2, -0.15) is 0 Å². The third-order valence-corrected chi connectivity index (χ3v) is 4.86. The smallest absolute Gasteiger partial charge is 0.225 e. The van der Waals surface area contributed by atoms with Crippen LogP contribution in [0.4, 0.5) is 5.69 Å². The summed E-state index contributed by atoms with van der Waals surface area (Å²) in [7, 11) is 0. The molecule has 0 bridgehead atoms. The fraction of sp³-hybridized carbons (Fsp3) is 0.650. The van der Waals surface area contributed by atoms with E-state index in [-0.39, 0.29) is 16.7 Å². The molecule has 0 aromatic heterocycles. The Hall–Kier alpha value is -1.31. The first-order valence-corrected chi connectivity index (χ1v) is 8.55. The van der Waals surface area contributed by atoms with E-state index in [0.29, 0.717) is 12.3 Å². The number of hydrogen-bond donors (Lipinski definition) is 1. The van der Waals surface area contributed by atoms with Crippen LogP contribution in [0.3, 0.4) is 0 Å². The minimum Gasteiger partial charge on any atom is -0.326 e. The maximum atomic E-state index is 12.1. The van der Waals surface area contributed by atoms with Gasteiger partial charge in [-0.05, 0) is 34.4 Å². The van der Waals surface area contributed by atoms with Crippen molar-refractivity contribution in [3.05, 3.63) is 28.8 Å². The molecule has 2 heteroatoms. The van der Waals surface area contributed by atoms with Crippen molar-refractivity contribution in [2.45, 2.75) is 84.5 Å². The molecular weight excluding hydrogens is 270 g/mol. The van der Waals surface area contributed by atoms with Gasteiger partial charge in [0.25, 0.3) is 0 Å². The van der Waals surface area contributed by atoms with Crippen molar-refractivity contribution in [2.24, 2.45) is 0 Å². The van der Waals surface area contributed by atoms with Crippen molar-refractivity contribution >= 4 is 11.6 Å². The van der Waals surface area contributed by atoms with Gasteiger partial charge in [-0.1, -0.05) is 67.0 Å². The molecule has 122 valence electrons. The maximum absolute atomic E-state index is 12.1. The summed E-state index contributed by atoms with van der Waals surface area (Å²) in [5, 5.41) is 3.15. The Balaban J connectivity index is 2.67. The highest BCUT2D eigenvalue weighted by Gasteiger charge is 2.35. The Kier molecular flexibility index (Phi) is 4.43. The largest absolute Gasteiger partial charge is 0.326 e. The molecule has 1 heterocycles. The average molecular weight is 301 g/mol. The summed E-state index contributed by atoms with van der Waals surface area (Å²) in [6.45, 7) is 15.6. The van der Waals surface area contributed by atoms with E-state index in [0.717, 1.165) is 5.69 Å². The number of fused-ring (bicyclic) bond motifs is 1. The lowest BCUT2D eigenvalue weighted by atomic mass is 9.72. The van der Waals surface area contributed by atoms with Crippen molar-refractivity contribution in [1.29, 1.82) is 0 Å². The van der Waals surface area contributed by atoms with Crippen LogP contribution in [0.25, 0.3) is 0 Å². The van der Waals surface area contributed by atoms with Crippen LogP contribution in [-0.2, 0) is 15.6 Å². The molecule has 1 aromatic rings. The molecule has 1 unspecified atom stereocenters. The zero-order valence-electron chi connectivity index (χ0n) is 15.3. The molecule has 1 aliphatic heterocycles. The predicted molar refractivity (Wildman–Crippen MR) is 94.7 cm³/mol. The maximum Gasteiger partial charge on any atom is 0.225 e. The van der Waals surface area contributed by atoms with Gasteiger partial charge in [0.2, 0.25) is 5.91 Å². The lowest BCUT2D eigenvalue weighted by Gasteiger charge is -2.37. The third kappa shape index (κ3) is 3.21. The fourth-order valence-corrected chi connectivity index (χ4v) is 3.49. The molecule has 2 nitrogen and oxygen atoms in total. The number of benzene rings is 1. The SMILES string of the molecule is CCCC(C)c1cc(C(C)(C)C)c2c(c1)C(C)(C)CC(=O)N2. The van der Waals surface area contributed by atoms with Crippen molar-refractivity contribution in [3.63, 3.8) is 0 Å². The van der Waals surface area contributed by atoms with Gasteiger partial charge >= 0.3 is 0 Å². The van der Waals surface area contributed by atoms with E-state index >= 15 is 0 Å². The Bertz CT molecular complexity index is 561. The Labute approximate surface area is 135 Å². The lowest BCUT2D eigenvalue weighted by Crippen LogP contribution is -2.34. The second-order valence-electron chi connectivity index (χ2n) is 8.54. The van der Waals surface area contributed by atoms with Crippen LogP contribution < -0.4 is 5.32 Å². The first-order valence-electron chi connectivity index (χ1n) is 8.55. The van der Waals surface area contributed by atoms with E-state index in [2.05, 4.69) is 65.9 Å². The van der Waals surface area contributed by atoms with E-state index in [1.165, 1.54) is 29.5 Å². The molecule has 1 aliphatic rings. The topological polar surface area (TPSA) is 29.1 Å². The minimum atomic E-state index is -0.0976. The summed E-state index contributed by atoms with van der Waals surface area (Å²) in [5.41, 5.74) is 4.96. The summed E-state index contributed by atoms with van der Waals surface area (Å²) in [6.07, 6.45) is 2.97. The van der Waals surface area contributed by atoms with Crippen molar-refractivity contribution in [2.75, 3.05) is 5.32 Å². The number of carbonyl (C=O) groups excluding carboxylic acids is 1. The average Bonchev–Trinajstić information content (AvgIpc) is 2.35. The van der Waals surface area contributed by atoms with Crippen LogP contribution in [0.5, 0.6) is 0 Å². The zero-order chi connectivity index (χ0) is 16.7. The summed E-state index contributed by atoms with van der Waals surface area (Å²) in [4.78, 5) is 12.1. The molecule has 0 aliphatic carbocycles. The van der Waals surface area contributed by atoms with Crippen LogP contribution >= 0.6 is 0 Å². The molecule has 1 amide bonds. The highest BCUT2D eigenvalue weighted by Crippen LogP contribution is 2.44. The Morgan fingerprint density at radius 3 is 2.45 bits per heavy atom. The van der Waals surface area contributed by atoms with Gasteiger partial charge in [0, 0.05) is 17.5 Å². The van der Waals surface area contributed by atoms with Crippen LogP contribution in [-0.4, -0.2) is 5.91 Å². The molecular formula is C20H31NO. The summed E-state index contributed by atoms with van der Waals surface area (Å²) in [6, 6.07) is 4.66. The van der Waals surface area contributed by atoms with E-state index in [9.17, 15) is 4.79 Å². The molecule has 2 rings (SSSR count). The molecule has 22 heavy (non-hydrogen) atoms. The van der Waals surface area contributed by atoms with Gasteiger partial charge in [-0.3, -0.25) is 4.79 Å². The minimum absolute atomic E-state index is 0.0206. The van der Waals surface area contributed by atoms with E-state index in [4.69, 9.17) is 0 Å². The van der Waals surface area contributed by atoms with Gasteiger partial charge in [-0.25, -0.2) is 0 Å². The fourth-order valence-electron chi connectivity index (χ4n) is 3.49. The number of hydrogen-bond acceptors (Lipinski definition) is 1. The molecule has 1 atom stereocenters. The normalized spacial score (nSPS) is 18.6. The monoisotopic (exact) mass is 301 g/mol. The van der Waals surface area contributed by atoms with Crippen LogP contribution in [0.1, 0.15) is 90.3 Å². The van der Waals surface area contributed by atoms with Crippen LogP contribution in [0.2, 0.25) is 0 Å². The number of nitrogens with one attached hydrogen (secondary N) is 1. The lowest BCUT2D eigenvalue weighted by molar-refractivity contribution is -0.117. The number of amides is 1. The number of anilines is 1. The number of rotatable bonds is 3. The first kappa shape index (κ1) is 17.1. The second kappa shape index (κ2) is 5.72. The zero-order valence-corrected chi connectivity index (χ0v) is 15.3. The third-order valence-electron chi connectivity index (χ3n) is 4.86. The van der Waals surface area contributed by atoms with Crippen molar-refractivity contribution in [3.8, 4) is 0 Å². The predicted octanol–water partition coefficient (Wildman–Crippen LogP) is 5.51. The first-order chi connectivity index (χ1) is 10.1. The van der Waals surface area contributed by atoms with Crippen LogP contribution in [0, 0.1) is 0 Å². The Morgan fingerprint density at radius 2 is 1.91 bits per heavy atom. The molecule has 0 radical (unpaired) electrons. The molecule has 0 spiro atoms. The van der Waals surface area contributed by atoms with Gasteiger partial charge < -0.3 is 5.32 Å².